The predicted octanol–water partition coefficient (Wildman–Crippen LogP) is 10.0. The maximum absolute atomic E-state index is 10.8. The first-order valence-electron chi connectivity index (χ1n) is 15.4. The van der Waals surface area contributed by atoms with Crippen LogP contribution in [0.4, 0.5) is 0 Å². The Labute approximate surface area is 230 Å². The lowest BCUT2D eigenvalue weighted by molar-refractivity contribution is -0.137. The van der Waals surface area contributed by atoms with Crippen molar-refractivity contribution in [3.8, 4) is 0 Å². The predicted molar refractivity (Wildman–Crippen MR) is 158 cm³/mol. The van der Waals surface area contributed by atoms with E-state index in [9.17, 15) is 4.79 Å². The van der Waals surface area contributed by atoms with Gasteiger partial charge < -0.3 is 5.11 Å². The summed E-state index contributed by atoms with van der Waals surface area (Å²) in [4.78, 5) is 10.8. The molecule has 0 amide bonds. The molecule has 206 valence electrons. The van der Waals surface area contributed by atoms with E-state index in [2.05, 4.69) is 51.5 Å². The highest BCUT2D eigenvalue weighted by Gasteiger charge is 2.58. The van der Waals surface area contributed by atoms with Crippen molar-refractivity contribution in [1.29, 1.82) is 0 Å². The minimum atomic E-state index is -0.657. The zero-order chi connectivity index (χ0) is 25.9. The molecule has 0 aromatic carbocycles. The fourth-order valence-electron chi connectivity index (χ4n) is 8.94. The Morgan fingerprint density at radius 3 is 2.58 bits per heavy atom. The third-order valence-electron chi connectivity index (χ3n) is 11.1. The van der Waals surface area contributed by atoms with Crippen LogP contribution in [0, 0.1) is 46.3 Å². The van der Waals surface area contributed by atoms with E-state index in [0.717, 1.165) is 59.4 Å². The Hall–Kier alpha value is -0.0900. The second kappa shape index (κ2) is 12.4. The van der Waals surface area contributed by atoms with Crippen LogP contribution >= 0.6 is 21.6 Å². The van der Waals surface area contributed by atoms with Gasteiger partial charge in [0.15, 0.2) is 0 Å². The number of aliphatic carboxylic acids is 1. The second-order valence-corrected chi connectivity index (χ2v) is 16.8. The lowest BCUT2D eigenvalue weighted by Crippen LogP contribution is -2.53. The van der Waals surface area contributed by atoms with Gasteiger partial charge in [0.1, 0.15) is 0 Å². The lowest BCUT2D eigenvalue weighted by atomic mass is 9.45. The smallest absolute Gasteiger partial charge is 0.303 e. The monoisotopic (exact) mass is 534 g/mol. The summed E-state index contributed by atoms with van der Waals surface area (Å²) in [5.41, 5.74) is 2.89. The molecule has 4 aliphatic rings. The second-order valence-electron chi connectivity index (χ2n) is 14.0. The van der Waals surface area contributed by atoms with Crippen LogP contribution in [0.5, 0.6) is 0 Å². The molecule has 2 nitrogen and oxygen atoms in total. The molecule has 0 spiro atoms. The number of unbranched alkanes of at least 4 members (excludes halogenated alkanes) is 1. The zero-order valence-electron chi connectivity index (χ0n) is 23.9. The maximum Gasteiger partial charge on any atom is 0.303 e. The van der Waals surface area contributed by atoms with E-state index in [1.54, 1.807) is 0 Å². The Balaban J connectivity index is 1.47. The molecule has 1 N–H and O–H groups in total. The molecule has 3 saturated carbocycles. The Kier molecular flexibility index (Phi) is 9.95. The van der Waals surface area contributed by atoms with Gasteiger partial charge in [-0.25, -0.2) is 0 Å². The van der Waals surface area contributed by atoms with E-state index in [0.29, 0.717) is 17.3 Å². The van der Waals surface area contributed by atoms with Gasteiger partial charge in [0.25, 0.3) is 0 Å². The zero-order valence-corrected chi connectivity index (χ0v) is 25.5. The normalized spacial score (nSPS) is 38.7. The summed E-state index contributed by atoms with van der Waals surface area (Å²) < 4.78 is 0. The number of allylic oxidation sites excluding steroid dienone is 2. The van der Waals surface area contributed by atoms with Crippen molar-refractivity contribution in [2.45, 2.75) is 130 Å². The summed E-state index contributed by atoms with van der Waals surface area (Å²) in [7, 11) is 4.11. The summed E-state index contributed by atoms with van der Waals surface area (Å²) in [6.07, 6.45) is 20.6. The first-order chi connectivity index (χ1) is 17.1. The third-order valence-corrected chi connectivity index (χ3v) is 14.1. The van der Waals surface area contributed by atoms with Gasteiger partial charge in [-0.1, -0.05) is 93.5 Å². The molecule has 0 bridgehead atoms. The number of carbonyl (C=O) groups is 1. The molecule has 0 radical (unpaired) electrons. The average Bonchev–Trinajstić information content (AvgIpc) is 3.22. The van der Waals surface area contributed by atoms with Crippen molar-refractivity contribution < 1.29 is 9.90 Å². The van der Waals surface area contributed by atoms with Gasteiger partial charge in [-0.05, 0) is 104 Å². The van der Waals surface area contributed by atoms with Gasteiger partial charge in [0.05, 0.1) is 0 Å². The van der Waals surface area contributed by atoms with E-state index in [-0.39, 0.29) is 0 Å². The van der Waals surface area contributed by atoms with Gasteiger partial charge in [0.2, 0.25) is 0 Å². The largest absolute Gasteiger partial charge is 0.481 e. The SMILES string of the molecule is CC(C)CCC[C@@H](C)C1C=C2C[C@@H](SSCCCCC(=O)O)CC[C@]2(C)[C@H]2CC[C@@]3(C)CCC[C@H]3[C@H]12. The third kappa shape index (κ3) is 6.37. The van der Waals surface area contributed by atoms with Crippen molar-refractivity contribution in [2.75, 3.05) is 5.75 Å². The van der Waals surface area contributed by atoms with Crippen LogP contribution in [0.3, 0.4) is 0 Å². The van der Waals surface area contributed by atoms with Crippen LogP contribution in [-0.2, 0) is 4.79 Å². The van der Waals surface area contributed by atoms with Gasteiger partial charge in [-0.3, -0.25) is 4.79 Å². The summed E-state index contributed by atoms with van der Waals surface area (Å²) in [5, 5.41) is 9.61. The minimum absolute atomic E-state index is 0.319. The highest BCUT2D eigenvalue weighted by Crippen LogP contribution is 2.67. The molecule has 4 aliphatic carbocycles. The number of hydrogen-bond acceptors (Lipinski definition) is 3. The highest BCUT2D eigenvalue weighted by atomic mass is 33.1. The molecule has 3 fully saturated rings. The Morgan fingerprint density at radius 1 is 1.03 bits per heavy atom. The van der Waals surface area contributed by atoms with Crippen LogP contribution in [0.1, 0.15) is 125 Å². The summed E-state index contributed by atoms with van der Waals surface area (Å²) in [6.45, 7) is 12.7. The molecule has 1 unspecified atom stereocenters. The van der Waals surface area contributed by atoms with Gasteiger partial charge in [-0.15, -0.1) is 0 Å². The molecule has 0 heterocycles. The van der Waals surface area contributed by atoms with Gasteiger partial charge >= 0.3 is 5.97 Å². The first kappa shape index (κ1) is 28.9. The Morgan fingerprint density at radius 2 is 1.83 bits per heavy atom. The molecule has 0 aliphatic heterocycles. The lowest BCUT2D eigenvalue weighted by Gasteiger charge is -2.60. The van der Waals surface area contributed by atoms with E-state index in [4.69, 9.17) is 5.11 Å². The van der Waals surface area contributed by atoms with Crippen LogP contribution < -0.4 is 0 Å². The molecule has 0 aromatic rings. The number of fused-ring (bicyclic) bond motifs is 5. The van der Waals surface area contributed by atoms with Crippen LogP contribution in [0.25, 0.3) is 0 Å². The van der Waals surface area contributed by atoms with E-state index in [1.165, 1.54) is 70.6 Å². The van der Waals surface area contributed by atoms with Gasteiger partial charge in [0, 0.05) is 17.4 Å². The molecule has 4 heteroatoms. The molecular formula is C32H54O2S2. The highest BCUT2D eigenvalue weighted by molar-refractivity contribution is 8.76. The van der Waals surface area contributed by atoms with Crippen LogP contribution in [0.2, 0.25) is 0 Å². The van der Waals surface area contributed by atoms with Crippen molar-refractivity contribution in [3.63, 3.8) is 0 Å². The molecule has 36 heavy (non-hydrogen) atoms. The van der Waals surface area contributed by atoms with Crippen LogP contribution in [0.15, 0.2) is 11.6 Å². The summed E-state index contributed by atoms with van der Waals surface area (Å²) >= 11 is 0. The average molecular weight is 535 g/mol. The molecule has 8 atom stereocenters. The summed E-state index contributed by atoms with van der Waals surface area (Å²) in [5.74, 6) is 5.64. The maximum atomic E-state index is 10.8. The molecular weight excluding hydrogens is 480 g/mol. The topological polar surface area (TPSA) is 37.3 Å². The molecule has 0 aromatic heterocycles. The van der Waals surface area contributed by atoms with Gasteiger partial charge in [-0.2, -0.15) is 0 Å². The number of carboxylic acid groups (broad SMARTS) is 1. The standard InChI is InChI=1S/C32H54O2S2/c1-22(2)10-8-11-23(3)26-21-24-20-25(36-35-19-7-6-13-29(33)34)14-18-32(24,5)28-15-17-31(4)16-9-12-27(31)30(26)28/h21-23,25-28,30H,6-20H2,1-5H3,(H,33,34)/t23-,25+,26?,27+,28+,30+,31-,32+/m1/s1. The van der Waals surface area contributed by atoms with E-state index >= 15 is 0 Å². The van der Waals surface area contributed by atoms with Crippen molar-refractivity contribution in [1.82, 2.24) is 0 Å². The number of rotatable bonds is 12. The molecule has 0 saturated heterocycles. The van der Waals surface area contributed by atoms with Crippen molar-refractivity contribution in [2.24, 2.45) is 46.3 Å². The van der Waals surface area contributed by atoms with Crippen molar-refractivity contribution in [3.05, 3.63) is 11.6 Å². The molecule has 4 rings (SSSR count). The fraction of sp³-hybridized carbons (Fsp3) is 0.906. The van der Waals surface area contributed by atoms with E-state index in [1.807, 2.05) is 16.4 Å². The van der Waals surface area contributed by atoms with E-state index < -0.39 is 5.97 Å². The Bertz CT molecular complexity index is 778. The number of hydrogen-bond donors (Lipinski definition) is 1. The van der Waals surface area contributed by atoms with Crippen molar-refractivity contribution >= 4 is 27.6 Å². The van der Waals surface area contributed by atoms with Crippen LogP contribution in [-0.4, -0.2) is 22.1 Å². The fourth-order valence-corrected chi connectivity index (χ4v) is 11.7. The first-order valence-corrected chi connectivity index (χ1v) is 17.7. The minimum Gasteiger partial charge on any atom is -0.481 e. The number of carboxylic acids is 1. The summed E-state index contributed by atoms with van der Waals surface area (Å²) in [6, 6.07) is 0. The quantitative estimate of drug-likeness (QED) is 0.153.